The molecule has 1 aromatic carbocycles. The first kappa shape index (κ1) is 12.0. The summed E-state index contributed by atoms with van der Waals surface area (Å²) in [5.74, 6) is -0.254. The van der Waals surface area contributed by atoms with Gasteiger partial charge in [-0.1, -0.05) is 0 Å². The van der Waals surface area contributed by atoms with Gasteiger partial charge in [-0.15, -0.1) is 0 Å². The smallest absolute Gasteiger partial charge is 0.147 e. The fraction of sp³-hybridized carbons (Fsp3) is 0.385. The highest BCUT2D eigenvalue weighted by atomic mass is 19.1. The average Bonchev–Trinajstić information content (AvgIpc) is 2.30. The van der Waals surface area contributed by atoms with Crippen LogP contribution in [-0.4, -0.2) is 43.4 Å². The lowest BCUT2D eigenvalue weighted by atomic mass is 10.2. The van der Waals surface area contributed by atoms with Gasteiger partial charge in [-0.25, -0.2) is 4.39 Å². The summed E-state index contributed by atoms with van der Waals surface area (Å²) in [6.45, 7) is 7.22. The molecule has 1 heterocycles. The fourth-order valence-corrected chi connectivity index (χ4v) is 2.07. The van der Waals surface area contributed by atoms with Gasteiger partial charge in [0.1, 0.15) is 11.6 Å². The van der Waals surface area contributed by atoms with Gasteiger partial charge in [0.25, 0.3) is 0 Å². The van der Waals surface area contributed by atoms with E-state index in [-0.39, 0.29) is 11.6 Å². The van der Waals surface area contributed by atoms with E-state index in [1.807, 2.05) is 0 Å². The SMILES string of the molecule is [CH2]C(=O)CN1CCN(c2ccc(F)cc2)CC1. The zero-order valence-electron chi connectivity index (χ0n) is 9.73. The zero-order valence-corrected chi connectivity index (χ0v) is 9.73. The van der Waals surface area contributed by atoms with Crippen LogP contribution in [0.4, 0.5) is 10.1 Å². The van der Waals surface area contributed by atoms with E-state index < -0.39 is 0 Å². The number of nitrogens with zero attached hydrogens (tertiary/aromatic N) is 2. The van der Waals surface area contributed by atoms with Crippen LogP contribution in [0, 0.1) is 12.7 Å². The van der Waals surface area contributed by atoms with Crippen LogP contribution >= 0.6 is 0 Å². The second-order valence-corrected chi connectivity index (χ2v) is 4.28. The first-order valence-corrected chi connectivity index (χ1v) is 5.73. The maximum Gasteiger partial charge on any atom is 0.147 e. The predicted molar refractivity (Wildman–Crippen MR) is 65.4 cm³/mol. The Morgan fingerprint density at radius 3 is 2.29 bits per heavy atom. The van der Waals surface area contributed by atoms with Crippen LogP contribution < -0.4 is 4.90 Å². The van der Waals surface area contributed by atoms with Crippen molar-refractivity contribution >= 4 is 11.5 Å². The molecule has 0 saturated carbocycles. The van der Waals surface area contributed by atoms with Crippen molar-refractivity contribution in [3.63, 3.8) is 0 Å². The van der Waals surface area contributed by atoms with Gasteiger partial charge in [-0.3, -0.25) is 9.69 Å². The van der Waals surface area contributed by atoms with E-state index in [1.54, 1.807) is 12.1 Å². The summed E-state index contributed by atoms with van der Waals surface area (Å²) in [6.07, 6.45) is 0. The molecule has 3 nitrogen and oxygen atoms in total. The molecule has 17 heavy (non-hydrogen) atoms. The van der Waals surface area contributed by atoms with Gasteiger partial charge in [-0.2, -0.15) is 0 Å². The first-order chi connectivity index (χ1) is 8.15. The highest BCUT2D eigenvalue weighted by Crippen LogP contribution is 2.16. The van der Waals surface area contributed by atoms with Crippen molar-refractivity contribution in [3.8, 4) is 0 Å². The maximum absolute atomic E-state index is 12.8. The topological polar surface area (TPSA) is 23.6 Å². The molecular weight excluding hydrogens is 219 g/mol. The van der Waals surface area contributed by atoms with Crippen molar-refractivity contribution in [3.05, 3.63) is 37.0 Å². The summed E-state index contributed by atoms with van der Waals surface area (Å²) in [7, 11) is 0. The largest absolute Gasteiger partial charge is 0.369 e. The van der Waals surface area contributed by atoms with Crippen LogP contribution in [0.25, 0.3) is 0 Å². The molecule has 0 atom stereocenters. The molecular formula is C13H16FN2O. The summed E-state index contributed by atoms with van der Waals surface area (Å²) in [6, 6.07) is 6.53. The molecule has 1 saturated heterocycles. The molecule has 1 aromatic rings. The van der Waals surface area contributed by atoms with Crippen molar-refractivity contribution in [1.82, 2.24) is 4.90 Å². The van der Waals surface area contributed by atoms with E-state index >= 15 is 0 Å². The average molecular weight is 235 g/mol. The highest BCUT2D eigenvalue weighted by Gasteiger charge is 2.17. The van der Waals surface area contributed by atoms with E-state index in [0.29, 0.717) is 6.54 Å². The maximum atomic E-state index is 12.8. The lowest BCUT2D eigenvalue weighted by Gasteiger charge is -2.35. The van der Waals surface area contributed by atoms with Crippen LogP contribution in [0.1, 0.15) is 0 Å². The molecule has 0 spiro atoms. The second-order valence-electron chi connectivity index (χ2n) is 4.28. The Labute approximate surface area is 101 Å². The second kappa shape index (κ2) is 5.27. The van der Waals surface area contributed by atoms with Crippen molar-refractivity contribution < 1.29 is 9.18 Å². The van der Waals surface area contributed by atoms with Crippen LogP contribution in [-0.2, 0) is 4.79 Å². The molecule has 0 amide bonds. The molecule has 2 rings (SSSR count). The molecule has 1 aliphatic rings. The van der Waals surface area contributed by atoms with Gasteiger partial charge >= 0.3 is 0 Å². The minimum absolute atomic E-state index is 0.0415. The molecule has 0 N–H and O–H groups in total. The number of halogens is 1. The molecule has 0 aliphatic carbocycles. The number of hydrogen-bond donors (Lipinski definition) is 0. The molecule has 0 bridgehead atoms. The molecule has 0 aromatic heterocycles. The summed E-state index contributed by atoms with van der Waals surface area (Å²) in [5, 5.41) is 0. The molecule has 91 valence electrons. The van der Waals surface area contributed by atoms with Crippen molar-refractivity contribution in [2.24, 2.45) is 0 Å². The van der Waals surface area contributed by atoms with Crippen LogP contribution in [0.2, 0.25) is 0 Å². The van der Waals surface area contributed by atoms with E-state index in [0.717, 1.165) is 31.9 Å². The zero-order chi connectivity index (χ0) is 12.3. The Balaban J connectivity index is 1.90. The molecule has 0 unspecified atom stereocenters. The predicted octanol–water partition coefficient (Wildman–Crippen LogP) is 1.35. The third kappa shape index (κ3) is 3.27. The number of anilines is 1. The van der Waals surface area contributed by atoms with Crippen LogP contribution in [0.15, 0.2) is 24.3 Å². The number of benzene rings is 1. The summed E-state index contributed by atoms with van der Waals surface area (Å²) < 4.78 is 12.8. The number of hydrogen-bond acceptors (Lipinski definition) is 3. The third-order valence-corrected chi connectivity index (χ3v) is 2.96. The Kier molecular flexibility index (Phi) is 3.74. The third-order valence-electron chi connectivity index (χ3n) is 2.96. The number of ketones is 1. The van der Waals surface area contributed by atoms with Crippen molar-refractivity contribution in [2.75, 3.05) is 37.6 Å². The van der Waals surface area contributed by atoms with Crippen LogP contribution in [0.5, 0.6) is 0 Å². The Bertz CT molecular complexity index is 383. The number of piperazine rings is 1. The molecule has 4 heteroatoms. The van der Waals surface area contributed by atoms with E-state index in [2.05, 4.69) is 16.7 Å². The lowest BCUT2D eigenvalue weighted by molar-refractivity contribution is -0.116. The first-order valence-electron chi connectivity index (χ1n) is 5.73. The van der Waals surface area contributed by atoms with E-state index in [1.165, 1.54) is 12.1 Å². The Morgan fingerprint density at radius 1 is 1.18 bits per heavy atom. The number of Topliss-reactive ketones (excluding diaryl/α,β-unsaturated/α-hetero) is 1. The highest BCUT2D eigenvalue weighted by molar-refractivity contribution is 5.84. The van der Waals surface area contributed by atoms with Crippen molar-refractivity contribution in [2.45, 2.75) is 0 Å². The van der Waals surface area contributed by atoms with Gasteiger partial charge < -0.3 is 4.90 Å². The quantitative estimate of drug-likeness (QED) is 0.790. The van der Waals surface area contributed by atoms with Gasteiger partial charge in [0, 0.05) is 38.8 Å². The van der Waals surface area contributed by atoms with Crippen molar-refractivity contribution in [1.29, 1.82) is 0 Å². The van der Waals surface area contributed by atoms with E-state index in [9.17, 15) is 9.18 Å². The van der Waals surface area contributed by atoms with Crippen LogP contribution in [0.3, 0.4) is 0 Å². The lowest BCUT2D eigenvalue weighted by Crippen LogP contribution is -2.47. The molecule has 1 radical (unpaired) electrons. The number of carbonyl (C=O) groups is 1. The van der Waals surface area contributed by atoms with Gasteiger partial charge in [0.05, 0.1) is 6.54 Å². The van der Waals surface area contributed by atoms with E-state index in [4.69, 9.17) is 0 Å². The summed E-state index contributed by atoms with van der Waals surface area (Å²) >= 11 is 0. The summed E-state index contributed by atoms with van der Waals surface area (Å²) in [5.41, 5.74) is 1.03. The normalized spacial score (nSPS) is 17.2. The van der Waals surface area contributed by atoms with Gasteiger partial charge in [-0.05, 0) is 24.3 Å². The monoisotopic (exact) mass is 235 g/mol. The molecule has 1 aliphatic heterocycles. The minimum Gasteiger partial charge on any atom is -0.369 e. The summed E-state index contributed by atoms with van der Waals surface area (Å²) in [4.78, 5) is 15.2. The Morgan fingerprint density at radius 2 is 1.76 bits per heavy atom. The standard InChI is InChI=1S/C13H16FN2O/c1-11(17)10-15-6-8-16(9-7-15)13-4-2-12(14)3-5-13/h2-5H,1,6-10H2. The van der Waals surface area contributed by atoms with Gasteiger partial charge in [0.2, 0.25) is 0 Å². The Hall–Kier alpha value is -1.42. The fourth-order valence-electron chi connectivity index (χ4n) is 2.07. The molecule has 1 fully saturated rings. The number of rotatable bonds is 3. The number of carbonyl (C=O) groups excluding carboxylic acids is 1. The minimum atomic E-state index is -0.213. The van der Waals surface area contributed by atoms with Gasteiger partial charge in [0.15, 0.2) is 0 Å².